The van der Waals surface area contributed by atoms with E-state index in [1.165, 1.54) is 74.2 Å². The van der Waals surface area contributed by atoms with Crippen molar-refractivity contribution >= 4 is 73.9 Å². The minimum atomic E-state index is -2.78. The molecule has 14 nitrogen and oxygen atoms in total. The quantitative estimate of drug-likeness (QED) is 0.0508. The number of nitrogens with zero attached hydrogens (tertiary/aromatic N) is 4. The summed E-state index contributed by atoms with van der Waals surface area (Å²) < 4.78 is 118. The van der Waals surface area contributed by atoms with Crippen LogP contribution in [0, 0.1) is 34.0 Å². The molecule has 3 aromatic rings. The van der Waals surface area contributed by atoms with E-state index in [1.54, 1.807) is 21.3 Å². The highest BCUT2D eigenvalue weighted by molar-refractivity contribution is 9.09. The third-order valence-corrected chi connectivity index (χ3v) is 25.7. The van der Waals surface area contributed by atoms with Crippen LogP contribution in [0.25, 0.3) is 0 Å². The van der Waals surface area contributed by atoms with Crippen LogP contribution in [0.2, 0.25) is 0 Å². The van der Waals surface area contributed by atoms with E-state index in [4.69, 9.17) is 42.1 Å². The molecule has 6 N–H and O–H groups in total. The van der Waals surface area contributed by atoms with Crippen LogP contribution in [0.4, 0.5) is 35.1 Å². The summed E-state index contributed by atoms with van der Waals surface area (Å²) in [6.07, 6.45) is 17.0. The van der Waals surface area contributed by atoms with Crippen molar-refractivity contribution in [1.82, 2.24) is 20.4 Å². The number of aryl methyl sites for hydroxylation is 3. The normalized spacial score (nSPS) is 30.6. The molecule has 9 aliphatic carbocycles. The van der Waals surface area contributed by atoms with Crippen LogP contribution in [0.3, 0.4) is 0 Å². The lowest BCUT2D eigenvalue weighted by molar-refractivity contribution is -0.140. The first-order chi connectivity index (χ1) is 48.0. The third kappa shape index (κ3) is 15.2. The number of methoxy groups -OCH3 is 3. The average molecular weight is 1500 g/mol. The Labute approximate surface area is 601 Å². The molecule has 3 amide bonds. The minimum absolute atomic E-state index is 0.0000680. The molecule has 3 atom stereocenters. The van der Waals surface area contributed by atoms with E-state index >= 15 is 0 Å². The summed E-state index contributed by atoms with van der Waals surface area (Å²) in [7, 11) is 6.69. The zero-order chi connectivity index (χ0) is 71.5. The van der Waals surface area contributed by atoms with Crippen molar-refractivity contribution in [2.24, 2.45) is 55.5 Å². The van der Waals surface area contributed by atoms with E-state index in [1.807, 2.05) is 0 Å². The summed E-state index contributed by atoms with van der Waals surface area (Å²) in [5.74, 6) is 1.02. The number of amides is 3. The molecule has 0 aromatic heterocycles. The summed E-state index contributed by atoms with van der Waals surface area (Å²) in [5, 5.41) is 6.64. The monoisotopic (exact) mass is 1500 g/mol. The van der Waals surface area contributed by atoms with E-state index in [0.29, 0.717) is 42.2 Å². The van der Waals surface area contributed by atoms with Crippen molar-refractivity contribution in [3.8, 4) is 0 Å². The summed E-state index contributed by atoms with van der Waals surface area (Å²) in [5.41, 5.74) is 16.2. The second kappa shape index (κ2) is 31.9. The van der Waals surface area contributed by atoms with Crippen molar-refractivity contribution in [1.29, 1.82) is 0 Å². The summed E-state index contributed by atoms with van der Waals surface area (Å²) in [4.78, 5) is 52.9. The second-order valence-electron chi connectivity index (χ2n) is 29.9. The largest absolute Gasteiger partial charge is 0.381 e. The number of hydrogen-bond acceptors (Lipinski definition) is 12. The van der Waals surface area contributed by atoms with Crippen LogP contribution in [0.15, 0.2) is 64.6 Å². The van der Waals surface area contributed by atoms with E-state index in [0.717, 1.165) is 165 Å². The van der Waals surface area contributed by atoms with Gasteiger partial charge in [-0.05, 0) is 222 Å². The minimum Gasteiger partial charge on any atom is -0.381 e. The number of carbonyl (C=O) groups is 3. The number of aliphatic imine (C=N–C) groups is 2. The van der Waals surface area contributed by atoms with Crippen LogP contribution < -0.4 is 22.1 Å². The Hall–Kier alpha value is -4.79. The molecule has 100 heavy (non-hydrogen) atoms. The number of nitrogens with one attached hydrogen (secondary N) is 2. The molecule has 12 aliphatic rings. The van der Waals surface area contributed by atoms with Gasteiger partial charge < -0.3 is 36.3 Å². The number of thioether (sulfide) groups is 1. The van der Waals surface area contributed by atoms with Crippen molar-refractivity contribution in [3.05, 3.63) is 105 Å². The highest BCUT2D eigenvalue weighted by Gasteiger charge is 2.69. The Balaban J connectivity index is 0.000000145. The van der Waals surface area contributed by atoms with Crippen LogP contribution in [0.1, 0.15) is 185 Å². The van der Waals surface area contributed by atoms with Gasteiger partial charge in [0.1, 0.15) is 0 Å². The smallest absolute Gasteiger partial charge is 0.262 e. The van der Waals surface area contributed by atoms with Gasteiger partial charge in [-0.15, -0.1) is 0 Å². The first-order valence-corrected chi connectivity index (χ1v) is 38.6. The number of nitrogens with two attached hydrogens (primary N) is 2. The molecule has 7 fully saturated rings. The van der Waals surface area contributed by atoms with Gasteiger partial charge in [0.2, 0.25) is 12.9 Å². The van der Waals surface area contributed by atoms with E-state index in [9.17, 15) is 49.5 Å². The van der Waals surface area contributed by atoms with Gasteiger partial charge in [-0.25, -0.2) is 45.1 Å². The molecule has 6 saturated carbocycles. The molecular formula is C75H99BrF8N8O6S2. The van der Waals surface area contributed by atoms with Gasteiger partial charge in [0.25, 0.3) is 30.6 Å². The first kappa shape index (κ1) is 76.3. The van der Waals surface area contributed by atoms with Gasteiger partial charge in [-0.1, -0.05) is 121 Å². The lowest BCUT2D eigenvalue weighted by Crippen LogP contribution is -2.56. The molecule has 3 aliphatic heterocycles. The third-order valence-electron chi connectivity index (χ3n) is 24.0. The summed E-state index contributed by atoms with van der Waals surface area (Å²) in [6, 6.07) is 19.5. The molecule has 1 saturated heterocycles. The Morgan fingerprint density at radius 2 is 0.920 bits per heavy atom. The molecule has 25 heteroatoms. The Kier molecular flexibility index (Phi) is 24.3. The molecule has 3 heterocycles. The lowest BCUT2D eigenvalue weighted by atomic mass is 9.61. The highest BCUT2D eigenvalue weighted by atomic mass is 79.9. The number of benzene rings is 3. The van der Waals surface area contributed by atoms with Gasteiger partial charge in [-0.2, -0.15) is 0 Å². The number of carbonyl (C=O) groups excluding carboxylic acids is 3. The molecular weight excluding hydrogens is 1400 g/mol. The van der Waals surface area contributed by atoms with Crippen LogP contribution in [0.5, 0.6) is 0 Å². The van der Waals surface area contributed by atoms with E-state index in [2.05, 4.69) is 86.9 Å². The molecule has 3 unspecified atom stereocenters. The molecule has 0 bridgehead atoms. The SMILES string of the molecule is CN.COC1CCC2(CC1)Cc1ccc(CCC3CC3)cc1C21N=C(N)N(CC(F)F)C1=O.COC1CCC2(CC1)Cc1ccc(CCC3CC3)cc1C21N=C(SCC(F)F)N(CC(F)F)C1=O.COC1CCC2(CC1)Cc1ccc(CCC3CC3)cc1C21NC(=S)NC1=O.FC(F)CBr. The Bertz CT molecular complexity index is 3480. The van der Waals surface area contributed by atoms with Gasteiger partial charge >= 0.3 is 0 Å². The fraction of sp³-hybridized carbons (Fsp3) is 0.680. The first-order valence-electron chi connectivity index (χ1n) is 36.1. The van der Waals surface area contributed by atoms with Gasteiger partial charge in [-0.3, -0.25) is 24.2 Å². The number of thiocarbonyl (C=S) groups is 1. The van der Waals surface area contributed by atoms with Crippen LogP contribution >= 0.6 is 39.9 Å². The number of hydrogen-bond donors (Lipinski definition) is 4. The van der Waals surface area contributed by atoms with Crippen LogP contribution in [-0.2, 0) is 83.7 Å². The van der Waals surface area contributed by atoms with Gasteiger partial charge in [0.05, 0.1) is 42.5 Å². The zero-order valence-electron chi connectivity index (χ0n) is 58.0. The number of guanidine groups is 1. The predicted octanol–water partition coefficient (Wildman–Crippen LogP) is 14.2. The lowest BCUT2D eigenvalue weighted by Gasteiger charge is -2.46. The van der Waals surface area contributed by atoms with Gasteiger partial charge in [0, 0.05) is 37.6 Å². The number of amidine groups is 1. The number of ether oxygens (including phenoxy) is 3. The average Bonchev–Trinajstić information content (AvgIpc) is 1.53. The maximum absolute atomic E-state index is 14.1. The van der Waals surface area contributed by atoms with Crippen molar-refractivity contribution < 1.29 is 63.7 Å². The number of alkyl halides is 9. The molecule has 6 spiro atoms. The fourth-order valence-corrected chi connectivity index (χ4v) is 19.3. The molecule has 0 radical (unpaired) electrons. The summed E-state index contributed by atoms with van der Waals surface area (Å²) >= 11 is 8.66. The van der Waals surface area contributed by atoms with Crippen molar-refractivity contribution in [2.75, 3.05) is 52.5 Å². The Morgan fingerprint density at radius 3 is 1.29 bits per heavy atom. The predicted molar refractivity (Wildman–Crippen MR) is 380 cm³/mol. The standard InChI is InChI=1S/C26H32F4N2O2S.C24H31F2N3O2.C22H28N2O2S.C2H3BrF2.CH5N/c1-34-19-8-10-25(11-9-19)13-18-7-6-17(5-4-16-2-3-16)12-20(18)26(25)23(33)32(14-21(27)28)24(31-26)35-15-22(29)30;1-31-18-8-10-23(11-9-18)13-17-7-6-16(5-4-15-2-3-15)12-19(17)24(23)21(30)29(14-20(25)26)22(27)28-24;1-26-17-8-10-21(11-9-17)13-16-7-6-15(5-4-14-2-3-14)12-18(16)22(21)19(25)23-20(27)24-22;3-1-2(4)5;1-2/h6-7,12,16,19,21-22H,2-5,8-11,13-15H2,1H3;6-7,12,15,18,20H,2-5,8-11,13-14H2,1H3,(H2,27,28);6-7,12,14,17H,2-5,8-11,13H2,1H3,(H2,23,24,25,27);2H,1H2;2H2,1H3. The number of rotatable bonds is 19. The van der Waals surface area contributed by atoms with Crippen molar-refractivity contribution in [3.63, 3.8) is 0 Å². The van der Waals surface area contributed by atoms with E-state index < -0.39 is 77.9 Å². The van der Waals surface area contributed by atoms with Crippen molar-refractivity contribution in [2.45, 2.75) is 234 Å². The number of fused-ring (bicyclic) bond motifs is 9. The maximum Gasteiger partial charge on any atom is 0.262 e. The maximum atomic E-state index is 14.1. The molecule has 3 aromatic carbocycles. The highest BCUT2D eigenvalue weighted by Crippen LogP contribution is 2.65. The summed E-state index contributed by atoms with van der Waals surface area (Å²) in [6.45, 7) is -1.54. The van der Waals surface area contributed by atoms with E-state index in [-0.39, 0.29) is 45.9 Å². The molecule has 550 valence electrons. The second-order valence-corrected chi connectivity index (χ2v) is 31.9. The zero-order valence-corrected chi connectivity index (χ0v) is 61.2. The molecule has 15 rings (SSSR count). The van der Waals surface area contributed by atoms with Gasteiger partial charge in [0.15, 0.2) is 32.9 Å². The fourth-order valence-electron chi connectivity index (χ4n) is 18.3. The number of halogens is 9. The topological polar surface area (TPSA) is 186 Å². The Morgan fingerprint density at radius 1 is 0.550 bits per heavy atom. The van der Waals surface area contributed by atoms with Crippen LogP contribution in [-0.4, -0.2) is 140 Å².